The zero-order valence-corrected chi connectivity index (χ0v) is 16.2. The number of imide groups is 1. The number of likely N-dealkylation sites (tertiary alicyclic amines) is 1. The molecule has 2 aliphatic carbocycles. The topological polar surface area (TPSA) is 109 Å². The van der Waals surface area contributed by atoms with Crippen LogP contribution >= 0.6 is 0 Å². The number of rotatable bonds is 5. The number of carbonyl (C=O) groups excluding carboxylic acids is 3. The minimum Gasteiger partial charge on any atom is -0.503 e. The highest BCUT2D eigenvalue weighted by atomic mass is 16.5. The van der Waals surface area contributed by atoms with E-state index in [2.05, 4.69) is 10.3 Å². The van der Waals surface area contributed by atoms with E-state index in [4.69, 9.17) is 4.74 Å². The standard InChI is InChI=1S/C20H25N3O5/c1-9(2)8-23-19(26)14-10-6-11(15(14)20(23)27)12(7-10)22-18(25)16-17(24)13(28-3)4-5-21-16/h4-5,9-12,14-15,24H,6-8H2,1-3H3,(H,22,25)/t10?,11?,12-,14?,15?/m1/s1. The molecule has 0 spiro atoms. The molecule has 5 atom stereocenters. The van der Waals surface area contributed by atoms with Gasteiger partial charge in [-0.05, 0) is 30.6 Å². The van der Waals surface area contributed by atoms with Gasteiger partial charge in [-0.1, -0.05) is 13.8 Å². The van der Waals surface area contributed by atoms with Crippen molar-refractivity contribution in [3.63, 3.8) is 0 Å². The Morgan fingerprint density at radius 3 is 2.71 bits per heavy atom. The Hall–Kier alpha value is -2.64. The predicted molar refractivity (Wildman–Crippen MR) is 98.5 cm³/mol. The first kappa shape index (κ1) is 18.7. The molecule has 4 rings (SSSR count). The number of ether oxygens (including phenoxy) is 1. The first-order valence-electron chi connectivity index (χ1n) is 9.71. The van der Waals surface area contributed by atoms with E-state index >= 15 is 0 Å². The number of carbonyl (C=O) groups is 3. The van der Waals surface area contributed by atoms with Crippen LogP contribution in [0.5, 0.6) is 11.5 Å². The van der Waals surface area contributed by atoms with Crippen molar-refractivity contribution in [2.45, 2.75) is 32.7 Å². The van der Waals surface area contributed by atoms with E-state index in [-0.39, 0.29) is 64.6 Å². The minimum absolute atomic E-state index is 0.0481. The van der Waals surface area contributed by atoms with Crippen LogP contribution in [0.3, 0.4) is 0 Å². The monoisotopic (exact) mass is 387 g/mol. The summed E-state index contributed by atoms with van der Waals surface area (Å²) in [5, 5.41) is 13.1. The molecule has 8 nitrogen and oxygen atoms in total. The molecule has 2 saturated carbocycles. The summed E-state index contributed by atoms with van der Waals surface area (Å²) in [6, 6.07) is 1.27. The van der Waals surface area contributed by atoms with Gasteiger partial charge in [-0.15, -0.1) is 0 Å². The van der Waals surface area contributed by atoms with Crippen molar-refractivity contribution in [1.82, 2.24) is 15.2 Å². The van der Waals surface area contributed by atoms with Crippen molar-refractivity contribution in [2.75, 3.05) is 13.7 Å². The predicted octanol–water partition coefficient (Wildman–Crippen LogP) is 1.19. The number of fused-ring (bicyclic) bond motifs is 5. The third kappa shape index (κ3) is 2.73. The number of nitrogens with one attached hydrogen (secondary N) is 1. The van der Waals surface area contributed by atoms with Crippen molar-refractivity contribution in [1.29, 1.82) is 0 Å². The van der Waals surface area contributed by atoms with Gasteiger partial charge < -0.3 is 15.2 Å². The summed E-state index contributed by atoms with van der Waals surface area (Å²) in [6.45, 7) is 4.42. The van der Waals surface area contributed by atoms with E-state index in [1.807, 2.05) is 13.8 Å². The van der Waals surface area contributed by atoms with E-state index < -0.39 is 5.91 Å². The van der Waals surface area contributed by atoms with Gasteiger partial charge in [0.05, 0.1) is 18.9 Å². The van der Waals surface area contributed by atoms with Gasteiger partial charge >= 0.3 is 0 Å². The van der Waals surface area contributed by atoms with Crippen LogP contribution in [0.2, 0.25) is 0 Å². The first-order valence-corrected chi connectivity index (χ1v) is 9.71. The van der Waals surface area contributed by atoms with Gasteiger partial charge in [-0.3, -0.25) is 19.3 Å². The van der Waals surface area contributed by atoms with Crippen LogP contribution < -0.4 is 10.1 Å². The molecule has 4 unspecified atom stereocenters. The van der Waals surface area contributed by atoms with Gasteiger partial charge in [0.25, 0.3) is 5.91 Å². The van der Waals surface area contributed by atoms with Gasteiger partial charge in [0.1, 0.15) is 0 Å². The SMILES string of the molecule is COc1ccnc(C(=O)N[C@@H]2CC3CC2C2C(=O)N(CC(C)C)C(=O)C32)c1O. The largest absolute Gasteiger partial charge is 0.503 e. The van der Waals surface area contributed by atoms with Gasteiger partial charge in [0, 0.05) is 24.8 Å². The Morgan fingerprint density at radius 2 is 2.04 bits per heavy atom. The maximum atomic E-state index is 12.9. The highest BCUT2D eigenvalue weighted by Gasteiger charge is 2.63. The molecule has 28 heavy (non-hydrogen) atoms. The molecule has 2 heterocycles. The molecule has 2 bridgehead atoms. The molecule has 3 amide bonds. The molecule has 1 aromatic heterocycles. The molecule has 0 radical (unpaired) electrons. The fraction of sp³-hybridized carbons (Fsp3) is 0.600. The molecular weight excluding hydrogens is 362 g/mol. The second-order valence-electron chi connectivity index (χ2n) is 8.42. The Kier molecular flexibility index (Phi) is 4.51. The summed E-state index contributed by atoms with van der Waals surface area (Å²) < 4.78 is 5.02. The van der Waals surface area contributed by atoms with Crippen molar-refractivity contribution in [2.24, 2.45) is 29.6 Å². The lowest BCUT2D eigenvalue weighted by atomic mass is 9.78. The van der Waals surface area contributed by atoms with Crippen LogP contribution in [0.1, 0.15) is 37.2 Å². The average molecular weight is 387 g/mol. The molecule has 1 aliphatic heterocycles. The molecule has 1 saturated heterocycles. The summed E-state index contributed by atoms with van der Waals surface area (Å²) in [6.07, 6.45) is 2.83. The second kappa shape index (κ2) is 6.76. The number of aromatic hydroxyl groups is 1. The minimum atomic E-state index is -0.499. The lowest BCUT2D eigenvalue weighted by Crippen LogP contribution is -2.44. The quantitative estimate of drug-likeness (QED) is 0.735. The zero-order chi connectivity index (χ0) is 20.2. The maximum Gasteiger partial charge on any atom is 0.274 e. The number of hydrogen-bond acceptors (Lipinski definition) is 6. The van der Waals surface area contributed by atoms with Crippen LogP contribution in [-0.4, -0.2) is 52.4 Å². The molecule has 1 aromatic rings. The second-order valence-corrected chi connectivity index (χ2v) is 8.42. The smallest absolute Gasteiger partial charge is 0.274 e. The van der Waals surface area contributed by atoms with Crippen molar-refractivity contribution >= 4 is 17.7 Å². The summed E-state index contributed by atoms with van der Waals surface area (Å²) in [7, 11) is 1.40. The number of amides is 3. The maximum absolute atomic E-state index is 12.9. The van der Waals surface area contributed by atoms with Crippen LogP contribution in [0.25, 0.3) is 0 Å². The third-order valence-corrected chi connectivity index (χ3v) is 6.29. The van der Waals surface area contributed by atoms with Crippen LogP contribution in [0.15, 0.2) is 12.3 Å². The van der Waals surface area contributed by atoms with E-state index in [0.717, 1.165) is 6.42 Å². The normalized spacial score (nSPS) is 30.9. The van der Waals surface area contributed by atoms with Crippen molar-refractivity contribution in [3.8, 4) is 11.5 Å². The summed E-state index contributed by atoms with van der Waals surface area (Å²) in [4.78, 5) is 43.7. The van der Waals surface area contributed by atoms with Gasteiger partial charge in [0.2, 0.25) is 11.8 Å². The Bertz CT molecular complexity index is 839. The lowest BCUT2D eigenvalue weighted by molar-refractivity contribution is -0.141. The van der Waals surface area contributed by atoms with Crippen LogP contribution in [0.4, 0.5) is 0 Å². The summed E-state index contributed by atoms with van der Waals surface area (Å²) in [5.41, 5.74) is -0.103. The molecule has 8 heteroatoms. The van der Waals surface area contributed by atoms with Gasteiger partial charge in [0.15, 0.2) is 17.2 Å². The highest BCUT2D eigenvalue weighted by Crippen LogP contribution is 2.56. The first-order chi connectivity index (χ1) is 13.3. The van der Waals surface area contributed by atoms with Gasteiger partial charge in [-0.2, -0.15) is 0 Å². The number of aromatic nitrogens is 1. The summed E-state index contributed by atoms with van der Waals surface area (Å²) in [5.74, 6) is -1.09. The zero-order valence-electron chi connectivity index (χ0n) is 16.2. The van der Waals surface area contributed by atoms with Gasteiger partial charge in [-0.25, -0.2) is 4.98 Å². The number of pyridine rings is 1. The summed E-state index contributed by atoms with van der Waals surface area (Å²) >= 11 is 0. The van der Waals surface area contributed by atoms with E-state index in [9.17, 15) is 19.5 Å². The fourth-order valence-electron chi connectivity index (χ4n) is 5.24. The average Bonchev–Trinajstić information content (AvgIpc) is 3.29. The molecule has 150 valence electrons. The van der Waals surface area contributed by atoms with E-state index in [1.54, 1.807) is 0 Å². The van der Waals surface area contributed by atoms with Crippen LogP contribution in [-0.2, 0) is 9.59 Å². The Morgan fingerprint density at radius 1 is 1.32 bits per heavy atom. The molecule has 0 aromatic carbocycles. The highest BCUT2D eigenvalue weighted by molar-refractivity contribution is 6.06. The van der Waals surface area contributed by atoms with Crippen molar-refractivity contribution < 1.29 is 24.2 Å². The van der Waals surface area contributed by atoms with Crippen molar-refractivity contribution in [3.05, 3.63) is 18.0 Å². The molecular formula is C20H25N3O5. The fourth-order valence-corrected chi connectivity index (χ4v) is 5.24. The molecule has 3 aliphatic rings. The molecule has 3 fully saturated rings. The molecule has 2 N–H and O–H groups in total. The van der Waals surface area contributed by atoms with E-state index in [0.29, 0.717) is 13.0 Å². The number of methoxy groups -OCH3 is 1. The lowest BCUT2D eigenvalue weighted by Gasteiger charge is -2.29. The third-order valence-electron chi connectivity index (χ3n) is 6.29. The van der Waals surface area contributed by atoms with E-state index in [1.165, 1.54) is 24.3 Å². The number of nitrogens with zero attached hydrogens (tertiary/aromatic N) is 2. The number of hydrogen-bond donors (Lipinski definition) is 2. The Labute approximate surface area is 163 Å². The Balaban J connectivity index is 1.51. The van der Waals surface area contributed by atoms with Crippen LogP contribution in [0, 0.1) is 29.6 Å².